The minimum atomic E-state index is -2.11. The second kappa shape index (κ2) is 13.9. The maximum absolute atomic E-state index is 6.56. The van der Waals surface area contributed by atoms with E-state index in [0.717, 1.165) is 6.61 Å². The summed E-state index contributed by atoms with van der Waals surface area (Å²) in [5.74, 6) is 0. The molecule has 1 nitrogen and oxygen atoms in total. The van der Waals surface area contributed by atoms with Gasteiger partial charge in [-0.25, -0.2) is 0 Å². The molecule has 0 atom stereocenters. The van der Waals surface area contributed by atoms with Gasteiger partial charge in [0.1, 0.15) is 0 Å². The van der Waals surface area contributed by atoms with Crippen molar-refractivity contribution in [3.8, 4) is 0 Å². The standard InChI is InChI=1S/C13H27OSi.3C4H9.Sn/c1-11(2)12(3)9-10-14-15(7,8)13(4,5)6;3*1-3-4-2;/h3,9-10H2,1-2,4-8H3;3*1,3-4H2,2H3;. The Labute approximate surface area is 184 Å². The number of rotatable bonds is 15. The molecule has 0 spiro atoms. The molecule has 0 amide bonds. The Morgan fingerprint density at radius 2 is 1.25 bits per heavy atom. The Bertz CT molecular complexity index is 422. The molecule has 0 radical (unpaired) electrons. The molecular weight excluding hydrogens is 463 g/mol. The first-order valence-corrected chi connectivity index (χ1v) is 23.2. The third kappa shape index (κ3) is 10.7. The molecular formula is C25H54OSiSn. The van der Waals surface area contributed by atoms with Crippen LogP contribution in [0.2, 0.25) is 35.9 Å². The van der Waals surface area contributed by atoms with Crippen molar-refractivity contribution in [3.63, 3.8) is 0 Å². The predicted molar refractivity (Wildman–Crippen MR) is 136 cm³/mol. The van der Waals surface area contributed by atoms with Crippen molar-refractivity contribution in [3.05, 3.63) is 11.1 Å². The quantitative estimate of drug-likeness (QED) is 0.155. The fourth-order valence-electron chi connectivity index (χ4n) is 3.91. The molecule has 0 aliphatic rings. The Morgan fingerprint density at radius 3 is 1.57 bits per heavy atom. The Morgan fingerprint density at radius 1 is 0.821 bits per heavy atom. The summed E-state index contributed by atoms with van der Waals surface area (Å²) in [7, 11) is -1.63. The van der Waals surface area contributed by atoms with E-state index in [1.807, 2.05) is 0 Å². The van der Waals surface area contributed by atoms with Gasteiger partial charge in [-0.2, -0.15) is 0 Å². The first kappa shape index (κ1) is 28.7. The molecule has 0 rings (SSSR count). The molecule has 0 saturated heterocycles. The average molecular weight is 518 g/mol. The van der Waals surface area contributed by atoms with Crippen LogP contribution in [0.25, 0.3) is 0 Å². The summed E-state index contributed by atoms with van der Waals surface area (Å²) in [6.07, 6.45) is 9.71. The van der Waals surface area contributed by atoms with Crippen LogP contribution in [0.1, 0.15) is 100 Å². The first-order valence-electron chi connectivity index (χ1n) is 12.2. The van der Waals surface area contributed by atoms with Crippen LogP contribution in [0.3, 0.4) is 0 Å². The molecule has 28 heavy (non-hydrogen) atoms. The molecule has 0 unspecified atom stereocenters. The van der Waals surface area contributed by atoms with E-state index in [9.17, 15) is 0 Å². The van der Waals surface area contributed by atoms with E-state index in [0.29, 0.717) is 5.04 Å². The van der Waals surface area contributed by atoms with Crippen molar-refractivity contribution in [2.45, 2.75) is 136 Å². The molecule has 0 aromatic carbocycles. The van der Waals surface area contributed by atoms with Gasteiger partial charge in [0, 0.05) is 0 Å². The number of allylic oxidation sites excluding steroid dienone is 1. The van der Waals surface area contributed by atoms with Gasteiger partial charge in [0.05, 0.1) is 0 Å². The van der Waals surface area contributed by atoms with E-state index in [1.54, 1.807) is 24.5 Å². The molecule has 3 heteroatoms. The van der Waals surface area contributed by atoms with Gasteiger partial charge in [-0.15, -0.1) is 0 Å². The third-order valence-electron chi connectivity index (χ3n) is 7.15. The topological polar surface area (TPSA) is 9.23 Å². The first-order chi connectivity index (χ1) is 12.9. The normalized spacial score (nSPS) is 13.1. The maximum atomic E-state index is 6.56. The van der Waals surface area contributed by atoms with Crippen molar-refractivity contribution >= 4 is 26.7 Å². The van der Waals surface area contributed by atoms with Crippen molar-refractivity contribution < 1.29 is 4.43 Å². The molecule has 0 N–H and O–H groups in total. The van der Waals surface area contributed by atoms with Crippen LogP contribution < -0.4 is 0 Å². The SMILES string of the molecule is CCC[CH2][Sn]([CH2]CCC)([CH2]CCC)[CH2]C(CCO[Si](C)(C)C(C)(C)C)=C(C)C. The van der Waals surface area contributed by atoms with E-state index in [2.05, 4.69) is 68.5 Å². The van der Waals surface area contributed by atoms with Crippen LogP contribution in [-0.4, -0.2) is 33.3 Å². The van der Waals surface area contributed by atoms with E-state index in [1.165, 1.54) is 49.4 Å². The molecule has 0 fully saturated rings. The van der Waals surface area contributed by atoms with Crippen molar-refractivity contribution in [2.24, 2.45) is 0 Å². The Kier molecular flexibility index (Phi) is 14.3. The average Bonchev–Trinajstić information content (AvgIpc) is 2.60. The van der Waals surface area contributed by atoms with Gasteiger partial charge >= 0.3 is 185 Å². The predicted octanol–water partition coefficient (Wildman–Crippen LogP) is 9.58. The summed E-state index contributed by atoms with van der Waals surface area (Å²) in [5, 5.41) is 0.310. The zero-order chi connectivity index (χ0) is 21.8. The molecule has 168 valence electrons. The van der Waals surface area contributed by atoms with Crippen LogP contribution in [0, 0.1) is 0 Å². The fourth-order valence-corrected chi connectivity index (χ4v) is 22.2. The number of unbranched alkanes of at least 4 members (excludes halogenated alkanes) is 3. The molecule has 0 bridgehead atoms. The van der Waals surface area contributed by atoms with Crippen LogP contribution in [0.5, 0.6) is 0 Å². The molecule has 0 aromatic rings. The number of hydrogen-bond donors (Lipinski definition) is 0. The summed E-state index contributed by atoms with van der Waals surface area (Å²) in [5.41, 5.74) is 3.36. The molecule has 0 heterocycles. The van der Waals surface area contributed by atoms with E-state index in [-0.39, 0.29) is 0 Å². The van der Waals surface area contributed by atoms with Crippen LogP contribution in [-0.2, 0) is 4.43 Å². The molecule has 0 aliphatic heterocycles. The van der Waals surface area contributed by atoms with Crippen LogP contribution >= 0.6 is 0 Å². The zero-order valence-electron chi connectivity index (χ0n) is 21.4. The van der Waals surface area contributed by atoms with Crippen LogP contribution in [0.15, 0.2) is 11.1 Å². The molecule has 0 aliphatic carbocycles. The molecule has 0 saturated carbocycles. The van der Waals surface area contributed by atoms with E-state index < -0.39 is 26.7 Å². The summed E-state index contributed by atoms with van der Waals surface area (Å²) >= 11 is -2.11. The fraction of sp³-hybridized carbons (Fsp3) is 0.920. The van der Waals surface area contributed by atoms with Gasteiger partial charge in [-0.05, 0) is 0 Å². The third-order valence-corrected chi connectivity index (χ3v) is 27.2. The van der Waals surface area contributed by atoms with E-state index in [4.69, 9.17) is 4.43 Å². The molecule has 0 aromatic heterocycles. The Hall–Kier alpha value is 0.716. The summed E-state index contributed by atoms with van der Waals surface area (Å²) < 4.78 is 12.9. The second-order valence-corrected chi connectivity index (χ2v) is 29.6. The summed E-state index contributed by atoms with van der Waals surface area (Å²) in [6.45, 7) is 24.6. The summed E-state index contributed by atoms with van der Waals surface area (Å²) in [6, 6.07) is 0. The summed E-state index contributed by atoms with van der Waals surface area (Å²) in [4.78, 5) is 0. The van der Waals surface area contributed by atoms with E-state index >= 15 is 0 Å². The van der Waals surface area contributed by atoms with Crippen molar-refractivity contribution in [1.82, 2.24) is 0 Å². The monoisotopic (exact) mass is 518 g/mol. The minimum absolute atomic E-state index is 0.310. The second-order valence-electron chi connectivity index (χ2n) is 10.9. The van der Waals surface area contributed by atoms with Crippen molar-refractivity contribution in [1.29, 1.82) is 0 Å². The van der Waals surface area contributed by atoms with Gasteiger partial charge in [0.15, 0.2) is 0 Å². The van der Waals surface area contributed by atoms with Gasteiger partial charge in [0.25, 0.3) is 0 Å². The van der Waals surface area contributed by atoms with Crippen molar-refractivity contribution in [2.75, 3.05) is 6.61 Å². The van der Waals surface area contributed by atoms with Crippen LogP contribution in [0.4, 0.5) is 0 Å². The zero-order valence-corrected chi connectivity index (χ0v) is 25.2. The number of hydrogen-bond acceptors (Lipinski definition) is 1. The van der Waals surface area contributed by atoms with Gasteiger partial charge in [-0.1, -0.05) is 0 Å². The van der Waals surface area contributed by atoms with Gasteiger partial charge in [0.2, 0.25) is 0 Å². The Balaban J connectivity index is 5.29. The van der Waals surface area contributed by atoms with Gasteiger partial charge < -0.3 is 0 Å². The van der Waals surface area contributed by atoms with Gasteiger partial charge in [-0.3, -0.25) is 0 Å².